The zero-order valence-electron chi connectivity index (χ0n) is 16.5. The Morgan fingerprint density at radius 3 is 2.17 bits per heavy atom. The van der Waals surface area contributed by atoms with Crippen LogP contribution in [-0.2, 0) is 14.8 Å². The Morgan fingerprint density at radius 2 is 1.66 bits per heavy atom. The van der Waals surface area contributed by atoms with E-state index in [-0.39, 0.29) is 22.5 Å². The summed E-state index contributed by atoms with van der Waals surface area (Å²) in [4.78, 5) is 22.9. The van der Waals surface area contributed by atoms with Gasteiger partial charge in [0.1, 0.15) is 6.04 Å². The minimum absolute atomic E-state index is 0.139. The van der Waals surface area contributed by atoms with Crippen LogP contribution in [0.25, 0.3) is 0 Å². The molecule has 0 saturated carbocycles. The van der Waals surface area contributed by atoms with Gasteiger partial charge < -0.3 is 5.32 Å². The number of nitrogens with one attached hydrogen (secondary N) is 2. The van der Waals surface area contributed by atoms with Crippen LogP contribution in [0.4, 0.5) is 5.69 Å². The molecule has 0 saturated heterocycles. The molecule has 0 radical (unpaired) electrons. The molecule has 3 unspecified atom stereocenters. The molecule has 156 valence electrons. The highest BCUT2D eigenvalue weighted by Crippen LogP contribution is 2.19. The van der Waals surface area contributed by atoms with Gasteiger partial charge in [-0.15, -0.1) is 0 Å². The van der Waals surface area contributed by atoms with E-state index < -0.39 is 26.9 Å². The first kappa shape index (κ1) is 22.5. The number of nitrogens with zero attached hydrogens (tertiary/aromatic N) is 1. The summed E-state index contributed by atoms with van der Waals surface area (Å²) in [6.07, 6.45) is 0.584. The molecule has 9 heteroatoms. The number of hydrogen-bond acceptors (Lipinski definition) is 5. The van der Waals surface area contributed by atoms with Crippen LogP contribution in [0.5, 0.6) is 0 Å². The van der Waals surface area contributed by atoms with Crippen LogP contribution in [0.3, 0.4) is 0 Å². The molecule has 0 spiro atoms. The lowest BCUT2D eigenvalue weighted by molar-refractivity contribution is -0.384. The standard InChI is InChI=1S/C20H25N3O5S/c1-4-14(2)19(20(24)21-15(3)16-8-6-5-7-9-16)22-29(27,28)18-12-10-17(11-13-18)23(25)26/h5-15,19,22H,4H2,1-3H3,(H,21,24). The third-order valence-electron chi connectivity index (χ3n) is 4.79. The van der Waals surface area contributed by atoms with E-state index >= 15 is 0 Å². The van der Waals surface area contributed by atoms with Crippen LogP contribution in [0.15, 0.2) is 59.5 Å². The summed E-state index contributed by atoms with van der Waals surface area (Å²) in [7, 11) is -4.04. The van der Waals surface area contributed by atoms with Gasteiger partial charge in [-0.25, -0.2) is 8.42 Å². The second-order valence-electron chi connectivity index (χ2n) is 6.88. The molecule has 8 nitrogen and oxygen atoms in total. The summed E-state index contributed by atoms with van der Waals surface area (Å²) in [6.45, 7) is 5.48. The van der Waals surface area contributed by atoms with E-state index in [0.29, 0.717) is 6.42 Å². The van der Waals surface area contributed by atoms with E-state index in [0.717, 1.165) is 29.8 Å². The number of amides is 1. The molecule has 0 aromatic heterocycles. The second-order valence-corrected chi connectivity index (χ2v) is 8.59. The summed E-state index contributed by atoms with van der Waals surface area (Å²) in [6, 6.07) is 12.6. The van der Waals surface area contributed by atoms with E-state index in [9.17, 15) is 23.3 Å². The fraction of sp³-hybridized carbons (Fsp3) is 0.350. The fourth-order valence-corrected chi connectivity index (χ4v) is 4.08. The van der Waals surface area contributed by atoms with Crippen LogP contribution < -0.4 is 10.0 Å². The Kier molecular flexibility index (Phi) is 7.46. The van der Waals surface area contributed by atoms with Gasteiger partial charge in [-0.2, -0.15) is 4.72 Å². The quantitative estimate of drug-likeness (QED) is 0.478. The van der Waals surface area contributed by atoms with Gasteiger partial charge in [0.25, 0.3) is 5.69 Å². The number of nitro benzene ring substituents is 1. The molecule has 0 aliphatic carbocycles. The molecule has 3 atom stereocenters. The van der Waals surface area contributed by atoms with Crippen molar-refractivity contribution >= 4 is 21.6 Å². The summed E-state index contributed by atoms with van der Waals surface area (Å²) < 4.78 is 27.9. The highest BCUT2D eigenvalue weighted by molar-refractivity contribution is 7.89. The van der Waals surface area contributed by atoms with Crippen LogP contribution in [0.2, 0.25) is 0 Å². The molecule has 2 rings (SSSR count). The SMILES string of the molecule is CCC(C)C(NS(=O)(=O)c1ccc([N+](=O)[O-])cc1)C(=O)NC(C)c1ccccc1. The lowest BCUT2D eigenvalue weighted by atomic mass is 9.98. The van der Waals surface area contributed by atoms with Crippen molar-refractivity contribution in [1.82, 2.24) is 10.0 Å². The summed E-state index contributed by atoms with van der Waals surface area (Å²) in [5, 5.41) is 13.6. The molecule has 0 fully saturated rings. The third kappa shape index (κ3) is 5.85. The van der Waals surface area contributed by atoms with Crippen molar-refractivity contribution in [2.45, 2.75) is 44.2 Å². The summed E-state index contributed by atoms with van der Waals surface area (Å²) in [5.41, 5.74) is 0.693. The maximum Gasteiger partial charge on any atom is 0.269 e. The molecule has 2 N–H and O–H groups in total. The number of hydrogen-bond donors (Lipinski definition) is 2. The first-order chi connectivity index (χ1) is 13.7. The third-order valence-corrected chi connectivity index (χ3v) is 6.25. The highest BCUT2D eigenvalue weighted by Gasteiger charge is 2.30. The lowest BCUT2D eigenvalue weighted by Crippen LogP contribution is -2.50. The molecule has 2 aromatic carbocycles. The Balaban J connectivity index is 2.20. The predicted molar refractivity (Wildman–Crippen MR) is 110 cm³/mol. The van der Waals surface area contributed by atoms with Crippen LogP contribution in [0.1, 0.15) is 38.8 Å². The van der Waals surface area contributed by atoms with Crippen LogP contribution >= 0.6 is 0 Å². The molecule has 0 aliphatic heterocycles. The fourth-order valence-electron chi connectivity index (χ4n) is 2.77. The normalized spacial score (nSPS) is 14.6. The van der Waals surface area contributed by atoms with Gasteiger partial charge >= 0.3 is 0 Å². The number of benzene rings is 2. The number of rotatable bonds is 9. The average molecular weight is 420 g/mol. The molecule has 0 heterocycles. The number of nitro groups is 1. The van der Waals surface area contributed by atoms with Crippen molar-refractivity contribution in [1.29, 1.82) is 0 Å². The highest BCUT2D eigenvalue weighted by atomic mass is 32.2. The molecular weight excluding hydrogens is 394 g/mol. The minimum atomic E-state index is -4.04. The Labute approximate surface area is 170 Å². The van der Waals surface area contributed by atoms with Gasteiger partial charge in [0.05, 0.1) is 15.9 Å². The maximum absolute atomic E-state index is 12.9. The molecular formula is C20H25N3O5S. The van der Waals surface area contributed by atoms with E-state index in [1.165, 1.54) is 0 Å². The topological polar surface area (TPSA) is 118 Å². The predicted octanol–water partition coefficient (Wildman–Crippen LogP) is 3.17. The van der Waals surface area contributed by atoms with Gasteiger partial charge in [0.15, 0.2) is 0 Å². The van der Waals surface area contributed by atoms with Crippen molar-refractivity contribution < 1.29 is 18.1 Å². The van der Waals surface area contributed by atoms with Crippen molar-refractivity contribution in [2.75, 3.05) is 0 Å². The van der Waals surface area contributed by atoms with Crippen molar-refractivity contribution in [3.8, 4) is 0 Å². The molecule has 0 bridgehead atoms. The average Bonchev–Trinajstić information content (AvgIpc) is 2.72. The second kappa shape index (κ2) is 9.62. The molecule has 2 aromatic rings. The Hall–Kier alpha value is -2.78. The zero-order chi connectivity index (χ0) is 21.6. The number of sulfonamides is 1. The Morgan fingerprint density at radius 1 is 1.07 bits per heavy atom. The number of carbonyl (C=O) groups excluding carboxylic acids is 1. The van der Waals surface area contributed by atoms with Gasteiger partial charge in [0.2, 0.25) is 15.9 Å². The van der Waals surface area contributed by atoms with Gasteiger partial charge in [-0.1, -0.05) is 50.6 Å². The smallest absolute Gasteiger partial charge is 0.269 e. The van der Waals surface area contributed by atoms with Crippen molar-refractivity contribution in [3.05, 3.63) is 70.3 Å². The van der Waals surface area contributed by atoms with E-state index in [2.05, 4.69) is 10.0 Å². The van der Waals surface area contributed by atoms with Crippen LogP contribution in [0, 0.1) is 16.0 Å². The number of carbonyl (C=O) groups is 1. The molecule has 29 heavy (non-hydrogen) atoms. The summed E-state index contributed by atoms with van der Waals surface area (Å²) >= 11 is 0. The van der Waals surface area contributed by atoms with E-state index in [4.69, 9.17) is 0 Å². The van der Waals surface area contributed by atoms with Gasteiger partial charge in [0, 0.05) is 12.1 Å². The maximum atomic E-state index is 12.9. The van der Waals surface area contributed by atoms with Gasteiger partial charge in [-0.3, -0.25) is 14.9 Å². The lowest BCUT2D eigenvalue weighted by Gasteiger charge is -2.25. The Bertz CT molecular complexity index is 946. The van der Waals surface area contributed by atoms with Crippen LogP contribution in [-0.4, -0.2) is 25.3 Å². The molecule has 1 amide bonds. The molecule has 0 aliphatic rings. The minimum Gasteiger partial charge on any atom is -0.348 e. The summed E-state index contributed by atoms with van der Waals surface area (Å²) in [5.74, 6) is -0.688. The van der Waals surface area contributed by atoms with Crippen molar-refractivity contribution in [2.24, 2.45) is 5.92 Å². The van der Waals surface area contributed by atoms with Crippen molar-refractivity contribution in [3.63, 3.8) is 0 Å². The zero-order valence-corrected chi connectivity index (χ0v) is 17.3. The first-order valence-electron chi connectivity index (χ1n) is 9.27. The first-order valence-corrected chi connectivity index (χ1v) is 10.8. The van der Waals surface area contributed by atoms with E-state index in [1.54, 1.807) is 6.92 Å². The number of non-ortho nitro benzene ring substituents is 1. The van der Waals surface area contributed by atoms with Gasteiger partial charge in [-0.05, 0) is 30.5 Å². The van der Waals surface area contributed by atoms with E-state index in [1.807, 2.05) is 44.2 Å². The monoisotopic (exact) mass is 419 g/mol. The largest absolute Gasteiger partial charge is 0.348 e.